The Hall–Kier alpha value is -1.67. The van der Waals surface area contributed by atoms with E-state index in [0.29, 0.717) is 30.8 Å². The first-order valence-corrected chi connectivity index (χ1v) is 9.05. The van der Waals surface area contributed by atoms with Crippen LogP contribution in [-0.4, -0.2) is 33.9 Å². The summed E-state index contributed by atoms with van der Waals surface area (Å²) in [6, 6.07) is 3.62. The van der Waals surface area contributed by atoms with Crippen LogP contribution in [0.4, 0.5) is 4.39 Å². The maximum Gasteiger partial charge on any atom is 0.305 e. The van der Waals surface area contributed by atoms with Gasteiger partial charge in [0.15, 0.2) is 0 Å². The molecule has 8 heteroatoms. The van der Waals surface area contributed by atoms with Crippen LogP contribution in [0.15, 0.2) is 18.2 Å². The van der Waals surface area contributed by atoms with E-state index >= 15 is 0 Å². The third-order valence-electron chi connectivity index (χ3n) is 3.59. The first-order chi connectivity index (χ1) is 10.9. The van der Waals surface area contributed by atoms with Crippen molar-refractivity contribution >= 4 is 16.0 Å². The van der Waals surface area contributed by atoms with Gasteiger partial charge in [0.05, 0.1) is 25.5 Å². The lowest BCUT2D eigenvalue weighted by atomic mass is 10.0. The Labute approximate surface area is 135 Å². The van der Waals surface area contributed by atoms with Crippen molar-refractivity contribution in [2.75, 3.05) is 19.5 Å². The number of nitrogens with one attached hydrogen (secondary N) is 1. The number of hydrogen-bond donors (Lipinski definition) is 1. The van der Waals surface area contributed by atoms with Crippen LogP contribution in [0, 0.1) is 5.82 Å². The van der Waals surface area contributed by atoms with Crippen molar-refractivity contribution in [3.8, 4) is 5.75 Å². The summed E-state index contributed by atoms with van der Waals surface area (Å²) >= 11 is 0. The number of halogens is 1. The van der Waals surface area contributed by atoms with Crippen LogP contribution >= 0.6 is 0 Å². The second-order valence-corrected chi connectivity index (χ2v) is 7.22. The number of ether oxygens (including phenoxy) is 2. The molecule has 0 spiro atoms. The number of fused-ring (bicyclic) bond motifs is 1. The Bertz CT molecular complexity index is 662. The van der Waals surface area contributed by atoms with E-state index in [4.69, 9.17) is 4.74 Å². The van der Waals surface area contributed by atoms with E-state index in [-0.39, 0.29) is 18.6 Å². The lowest BCUT2D eigenvalue weighted by Gasteiger charge is -2.18. The second kappa shape index (κ2) is 7.74. The van der Waals surface area contributed by atoms with Crippen molar-refractivity contribution in [1.29, 1.82) is 0 Å². The summed E-state index contributed by atoms with van der Waals surface area (Å²) in [5.41, 5.74) is 0.625. The van der Waals surface area contributed by atoms with Crippen LogP contribution in [0.25, 0.3) is 0 Å². The molecule has 1 aromatic carbocycles. The molecule has 1 heterocycles. The van der Waals surface area contributed by atoms with Crippen LogP contribution in [0.3, 0.4) is 0 Å². The number of rotatable bonds is 6. The molecule has 0 aliphatic carbocycles. The number of benzene rings is 1. The van der Waals surface area contributed by atoms with Crippen LogP contribution < -0.4 is 9.46 Å². The van der Waals surface area contributed by atoms with Crippen molar-refractivity contribution in [1.82, 2.24) is 4.72 Å². The maximum absolute atomic E-state index is 13.3. The molecule has 0 amide bonds. The zero-order valence-corrected chi connectivity index (χ0v) is 13.7. The molecule has 0 unspecified atom stereocenters. The predicted octanol–water partition coefficient (Wildman–Crippen LogP) is 1.91. The molecule has 0 radical (unpaired) electrons. The summed E-state index contributed by atoms with van der Waals surface area (Å²) < 4.78 is 50.2. The van der Waals surface area contributed by atoms with Gasteiger partial charge in [-0.2, -0.15) is 0 Å². The minimum atomic E-state index is -3.56. The number of carbonyl (C=O) groups is 1. The Balaban J connectivity index is 2.05. The molecule has 1 aromatic rings. The molecule has 6 nitrogen and oxygen atoms in total. The van der Waals surface area contributed by atoms with Gasteiger partial charge in [-0.1, -0.05) is 6.07 Å². The van der Waals surface area contributed by atoms with Gasteiger partial charge in [-0.05, 0) is 25.3 Å². The highest BCUT2D eigenvalue weighted by molar-refractivity contribution is 7.89. The zero-order valence-electron chi connectivity index (χ0n) is 12.9. The van der Waals surface area contributed by atoms with E-state index < -0.39 is 27.9 Å². The first-order valence-electron chi connectivity index (χ1n) is 7.40. The predicted molar refractivity (Wildman–Crippen MR) is 82.0 cm³/mol. The maximum atomic E-state index is 13.3. The molecule has 23 heavy (non-hydrogen) atoms. The van der Waals surface area contributed by atoms with E-state index in [1.807, 2.05) is 0 Å². The molecule has 0 fully saturated rings. The fraction of sp³-hybridized carbons (Fsp3) is 0.533. The van der Waals surface area contributed by atoms with Crippen molar-refractivity contribution in [3.63, 3.8) is 0 Å². The van der Waals surface area contributed by atoms with Crippen LogP contribution in [-0.2, 0) is 19.6 Å². The second-order valence-electron chi connectivity index (χ2n) is 5.34. The minimum absolute atomic E-state index is 0.0486. The van der Waals surface area contributed by atoms with Crippen LogP contribution in [0.5, 0.6) is 5.75 Å². The Morgan fingerprint density at radius 2 is 2.26 bits per heavy atom. The van der Waals surface area contributed by atoms with E-state index in [1.54, 1.807) is 0 Å². The highest BCUT2D eigenvalue weighted by Gasteiger charge is 2.24. The van der Waals surface area contributed by atoms with Gasteiger partial charge >= 0.3 is 5.97 Å². The normalized spacial score (nSPS) is 17.7. The van der Waals surface area contributed by atoms with Gasteiger partial charge in [-0.25, -0.2) is 17.5 Å². The summed E-state index contributed by atoms with van der Waals surface area (Å²) in [6.45, 7) is 0.414. The standard InChI is InChI=1S/C15H20FNO5S/c1-21-15(18)5-3-9-23(19,20)17-13-4-2-8-22-14-10-11(16)6-7-12(13)14/h6-7,10,13,17H,2-5,8-9H2,1H3/t13-/m1/s1. The van der Waals surface area contributed by atoms with Crippen molar-refractivity contribution < 1.29 is 27.1 Å². The quantitative estimate of drug-likeness (QED) is 0.797. The molecule has 128 valence electrons. The minimum Gasteiger partial charge on any atom is -0.493 e. The average molecular weight is 345 g/mol. The monoisotopic (exact) mass is 345 g/mol. The lowest BCUT2D eigenvalue weighted by Crippen LogP contribution is -2.30. The first kappa shape index (κ1) is 17.7. The molecular formula is C15H20FNO5S. The Kier molecular flexibility index (Phi) is 5.95. The van der Waals surface area contributed by atoms with Gasteiger partial charge in [0.1, 0.15) is 11.6 Å². The zero-order chi connectivity index (χ0) is 16.9. The number of methoxy groups -OCH3 is 1. The van der Waals surface area contributed by atoms with Crippen molar-refractivity contribution in [3.05, 3.63) is 29.6 Å². The molecule has 0 aromatic heterocycles. The molecule has 1 N–H and O–H groups in total. The summed E-state index contributed by atoms with van der Waals surface area (Å²) in [4.78, 5) is 11.0. The van der Waals surface area contributed by atoms with Gasteiger partial charge in [0, 0.05) is 18.1 Å². The fourth-order valence-electron chi connectivity index (χ4n) is 2.45. The number of carbonyl (C=O) groups excluding carboxylic acids is 1. The van der Waals surface area contributed by atoms with Gasteiger partial charge < -0.3 is 9.47 Å². The van der Waals surface area contributed by atoms with Crippen molar-refractivity contribution in [2.24, 2.45) is 0 Å². The van der Waals surface area contributed by atoms with Crippen LogP contribution in [0.2, 0.25) is 0 Å². The molecule has 0 saturated carbocycles. The highest BCUT2D eigenvalue weighted by atomic mass is 32.2. The van der Waals surface area contributed by atoms with Gasteiger partial charge in [0.25, 0.3) is 0 Å². The molecule has 1 atom stereocenters. The molecule has 0 bridgehead atoms. The van der Waals surface area contributed by atoms with Gasteiger partial charge in [0.2, 0.25) is 10.0 Å². The number of sulfonamides is 1. The topological polar surface area (TPSA) is 81.7 Å². The van der Waals surface area contributed by atoms with Gasteiger partial charge in [-0.3, -0.25) is 4.79 Å². The number of esters is 1. The summed E-state index contributed by atoms with van der Waals surface area (Å²) in [5.74, 6) is -0.672. The van der Waals surface area contributed by atoms with E-state index in [1.165, 1.54) is 25.3 Å². The molecule has 1 aliphatic rings. The molecule has 0 saturated heterocycles. The molecule has 1 aliphatic heterocycles. The molecule has 2 rings (SSSR count). The van der Waals surface area contributed by atoms with E-state index in [0.717, 1.165) is 0 Å². The average Bonchev–Trinajstić information content (AvgIpc) is 2.68. The third kappa shape index (κ3) is 5.18. The summed E-state index contributed by atoms with van der Waals surface area (Å²) in [6.07, 6.45) is 1.45. The highest BCUT2D eigenvalue weighted by Crippen LogP contribution is 2.32. The number of hydrogen-bond acceptors (Lipinski definition) is 5. The van der Waals surface area contributed by atoms with E-state index in [2.05, 4.69) is 9.46 Å². The van der Waals surface area contributed by atoms with Gasteiger partial charge in [-0.15, -0.1) is 0 Å². The third-order valence-corrected chi connectivity index (χ3v) is 5.06. The lowest BCUT2D eigenvalue weighted by molar-refractivity contribution is -0.140. The smallest absolute Gasteiger partial charge is 0.305 e. The van der Waals surface area contributed by atoms with Crippen molar-refractivity contribution in [2.45, 2.75) is 31.7 Å². The SMILES string of the molecule is COC(=O)CCCS(=O)(=O)N[C@@H]1CCCOc2cc(F)ccc21. The van der Waals surface area contributed by atoms with Crippen LogP contribution in [0.1, 0.15) is 37.3 Å². The Morgan fingerprint density at radius 3 is 3.00 bits per heavy atom. The van der Waals surface area contributed by atoms with E-state index in [9.17, 15) is 17.6 Å². The summed E-state index contributed by atoms with van der Waals surface area (Å²) in [5, 5.41) is 0. The largest absolute Gasteiger partial charge is 0.493 e. The fourth-order valence-corrected chi connectivity index (χ4v) is 3.77. The Morgan fingerprint density at radius 1 is 1.48 bits per heavy atom. The summed E-state index contributed by atoms with van der Waals surface area (Å²) in [7, 11) is -2.30. The molecular weight excluding hydrogens is 325 g/mol.